The summed E-state index contributed by atoms with van der Waals surface area (Å²) in [5.41, 5.74) is 0. The number of hydrogen-bond acceptors (Lipinski definition) is 2. The topological polar surface area (TPSA) is 46.5 Å². The second-order valence-corrected chi connectivity index (χ2v) is 3.26. The molecule has 0 aliphatic rings. The summed E-state index contributed by atoms with van der Waals surface area (Å²) >= 11 is 0.696. The first-order valence-electron chi connectivity index (χ1n) is 1.40. The van der Waals surface area contributed by atoms with Crippen LogP contribution in [-0.2, 0) is 21.2 Å². The SMILES string of the molecule is C=S=NS(C)(=O)=O. The fraction of sp³-hybridized carbons (Fsp3) is 0.500. The van der Waals surface area contributed by atoms with Crippen molar-refractivity contribution in [3.63, 3.8) is 0 Å². The molecule has 0 atom stereocenters. The molecule has 42 valence electrons. The molecule has 0 aliphatic carbocycles. The second-order valence-electron chi connectivity index (χ2n) is 0.937. The van der Waals surface area contributed by atoms with Crippen molar-refractivity contribution in [2.24, 2.45) is 3.77 Å². The molecule has 0 aromatic heterocycles. The summed E-state index contributed by atoms with van der Waals surface area (Å²) in [7, 11) is -3.15. The summed E-state index contributed by atoms with van der Waals surface area (Å²) in [5.74, 6) is 3.14. The average Bonchev–Trinajstić information content (AvgIpc) is 1.30. The van der Waals surface area contributed by atoms with E-state index >= 15 is 0 Å². The Morgan fingerprint density at radius 3 is 2.14 bits per heavy atom. The quantitative estimate of drug-likeness (QED) is 0.466. The van der Waals surface area contributed by atoms with Crippen LogP contribution < -0.4 is 0 Å². The summed E-state index contributed by atoms with van der Waals surface area (Å²) < 4.78 is 23.0. The van der Waals surface area contributed by atoms with Gasteiger partial charge in [0.25, 0.3) is 10.0 Å². The molecule has 0 heterocycles. The van der Waals surface area contributed by atoms with E-state index < -0.39 is 10.0 Å². The van der Waals surface area contributed by atoms with Gasteiger partial charge < -0.3 is 0 Å². The van der Waals surface area contributed by atoms with E-state index in [4.69, 9.17) is 0 Å². The van der Waals surface area contributed by atoms with E-state index in [-0.39, 0.29) is 0 Å². The van der Waals surface area contributed by atoms with Gasteiger partial charge >= 0.3 is 0 Å². The highest BCUT2D eigenvalue weighted by molar-refractivity contribution is 7.93. The Morgan fingerprint density at radius 2 is 2.14 bits per heavy atom. The van der Waals surface area contributed by atoms with E-state index in [1.54, 1.807) is 0 Å². The molecule has 0 saturated carbocycles. The van der Waals surface area contributed by atoms with Gasteiger partial charge in [-0.25, -0.2) is 8.42 Å². The molecular weight excluding hydrogens is 134 g/mol. The molecule has 0 spiro atoms. The van der Waals surface area contributed by atoms with Crippen LogP contribution in [0.4, 0.5) is 0 Å². The van der Waals surface area contributed by atoms with E-state index in [1.807, 2.05) is 0 Å². The fourth-order valence-electron chi connectivity index (χ4n) is 0.0957. The molecule has 0 N–H and O–H groups in total. The summed E-state index contributed by atoms with van der Waals surface area (Å²) in [6, 6.07) is 0. The lowest BCUT2D eigenvalue weighted by Gasteiger charge is -1.73. The number of hydrogen-bond donors (Lipinski definition) is 0. The largest absolute Gasteiger partial charge is 0.260 e. The number of rotatable bonds is 1. The Hall–Kier alpha value is -0.160. The number of sulfonamides is 1. The summed E-state index contributed by atoms with van der Waals surface area (Å²) in [6.07, 6.45) is 1.02. The predicted octanol–water partition coefficient (Wildman–Crippen LogP) is -0.356. The Bertz CT molecular complexity index is 186. The summed E-state index contributed by atoms with van der Waals surface area (Å²) in [6.45, 7) is 0. The molecule has 0 unspecified atom stereocenters. The van der Waals surface area contributed by atoms with Gasteiger partial charge in [-0.2, -0.15) is 0 Å². The first-order chi connectivity index (χ1) is 3.06. The van der Waals surface area contributed by atoms with Gasteiger partial charge in [0, 0.05) is 0 Å². The molecule has 3 nitrogen and oxygen atoms in total. The van der Waals surface area contributed by atoms with Crippen molar-refractivity contribution < 1.29 is 8.42 Å². The van der Waals surface area contributed by atoms with Crippen LogP contribution >= 0.6 is 0 Å². The molecular formula is C2H5NO2S2. The Balaban J connectivity index is 4.44. The predicted molar refractivity (Wildman–Crippen MR) is 31.8 cm³/mol. The van der Waals surface area contributed by atoms with Gasteiger partial charge in [-0.1, -0.05) is 0 Å². The highest BCUT2D eigenvalue weighted by Gasteiger charge is 1.88. The van der Waals surface area contributed by atoms with E-state index in [9.17, 15) is 8.42 Å². The third kappa shape index (κ3) is 5.84. The number of nitrogens with zero attached hydrogens (tertiary/aromatic N) is 1. The van der Waals surface area contributed by atoms with Crippen molar-refractivity contribution in [2.75, 3.05) is 6.26 Å². The fourth-order valence-corrected chi connectivity index (χ4v) is 0.862. The van der Waals surface area contributed by atoms with Crippen LogP contribution in [0.3, 0.4) is 0 Å². The molecule has 0 aromatic rings. The van der Waals surface area contributed by atoms with Crippen molar-refractivity contribution in [1.29, 1.82) is 0 Å². The van der Waals surface area contributed by atoms with Crippen molar-refractivity contribution in [1.82, 2.24) is 0 Å². The highest BCUT2D eigenvalue weighted by Crippen LogP contribution is 1.77. The maximum atomic E-state index is 10.0. The molecule has 0 amide bonds. The Kier molecular flexibility index (Phi) is 2.17. The van der Waals surface area contributed by atoms with E-state index in [0.717, 1.165) is 6.26 Å². The van der Waals surface area contributed by atoms with Gasteiger partial charge in [0.05, 0.1) is 6.26 Å². The molecule has 7 heavy (non-hydrogen) atoms. The molecule has 0 fully saturated rings. The molecule has 0 aliphatic heterocycles. The second kappa shape index (κ2) is 2.23. The first kappa shape index (κ1) is 6.84. The maximum Gasteiger partial charge on any atom is 0.260 e. The van der Waals surface area contributed by atoms with Crippen LogP contribution in [0.5, 0.6) is 0 Å². The molecule has 0 bridgehead atoms. The van der Waals surface area contributed by atoms with E-state index in [1.165, 1.54) is 0 Å². The smallest absolute Gasteiger partial charge is 0.204 e. The van der Waals surface area contributed by atoms with Crippen LogP contribution in [0, 0.1) is 0 Å². The first-order valence-corrected chi connectivity index (χ1v) is 4.19. The van der Waals surface area contributed by atoms with Crippen LogP contribution in [0.15, 0.2) is 3.77 Å². The highest BCUT2D eigenvalue weighted by atomic mass is 32.2. The lowest BCUT2D eigenvalue weighted by molar-refractivity contribution is 0.604. The van der Waals surface area contributed by atoms with Gasteiger partial charge in [0.15, 0.2) is 0 Å². The normalized spacial score (nSPS) is 10.4. The van der Waals surface area contributed by atoms with Gasteiger partial charge in [0.1, 0.15) is 0 Å². The standard InChI is InChI=1S/C2H5NO2S2/c1-6-3-7(2,4)5/h1H2,2H3. The molecule has 0 aromatic carbocycles. The van der Waals surface area contributed by atoms with Gasteiger partial charge in [-0.15, -0.1) is 3.77 Å². The average molecular weight is 139 g/mol. The minimum Gasteiger partial charge on any atom is -0.204 e. The van der Waals surface area contributed by atoms with Crippen molar-refractivity contribution in [2.45, 2.75) is 0 Å². The molecule has 0 radical (unpaired) electrons. The molecule has 5 heteroatoms. The van der Waals surface area contributed by atoms with Gasteiger partial charge in [-0.05, 0) is 17.0 Å². The van der Waals surface area contributed by atoms with Crippen molar-refractivity contribution in [3.8, 4) is 0 Å². The lowest BCUT2D eigenvalue weighted by atomic mass is 12.0. The van der Waals surface area contributed by atoms with E-state index in [2.05, 4.69) is 9.64 Å². The monoisotopic (exact) mass is 139 g/mol. The third-order valence-electron chi connectivity index (χ3n) is 0.188. The minimum absolute atomic E-state index is 0.696. The van der Waals surface area contributed by atoms with Crippen LogP contribution in [0.2, 0.25) is 0 Å². The minimum atomic E-state index is -3.15. The zero-order chi connectivity index (χ0) is 5.91. The molecule has 0 rings (SSSR count). The molecule has 0 saturated heterocycles. The van der Waals surface area contributed by atoms with Crippen LogP contribution in [0.25, 0.3) is 0 Å². The zero-order valence-corrected chi connectivity index (χ0v) is 5.42. The summed E-state index contributed by atoms with van der Waals surface area (Å²) in [4.78, 5) is 0. The maximum absolute atomic E-state index is 10.0. The van der Waals surface area contributed by atoms with Crippen LogP contribution in [0.1, 0.15) is 0 Å². The zero-order valence-electron chi connectivity index (χ0n) is 3.79. The van der Waals surface area contributed by atoms with E-state index in [0.29, 0.717) is 11.1 Å². The summed E-state index contributed by atoms with van der Waals surface area (Å²) in [5, 5.41) is 0. The van der Waals surface area contributed by atoms with Crippen LogP contribution in [-0.4, -0.2) is 20.5 Å². The van der Waals surface area contributed by atoms with Crippen molar-refractivity contribution >= 4 is 27.0 Å². The van der Waals surface area contributed by atoms with Gasteiger partial charge in [-0.3, -0.25) is 0 Å². The Morgan fingerprint density at radius 1 is 1.71 bits per heavy atom. The van der Waals surface area contributed by atoms with Crippen molar-refractivity contribution in [3.05, 3.63) is 0 Å². The third-order valence-corrected chi connectivity index (χ3v) is 1.69. The van der Waals surface area contributed by atoms with Gasteiger partial charge in [0.2, 0.25) is 0 Å². The lowest BCUT2D eigenvalue weighted by Crippen LogP contribution is -1.85. The Labute approximate surface area is 46.1 Å².